The van der Waals surface area contributed by atoms with Gasteiger partial charge >= 0.3 is 5.97 Å². The summed E-state index contributed by atoms with van der Waals surface area (Å²) in [7, 11) is 0. The van der Waals surface area contributed by atoms with Crippen LogP contribution in [-0.2, 0) is 4.79 Å². The van der Waals surface area contributed by atoms with Crippen LogP contribution in [0.5, 0.6) is 11.5 Å². The Bertz CT molecular complexity index is 542. The van der Waals surface area contributed by atoms with Gasteiger partial charge in [-0.15, -0.1) is 5.75 Å². The minimum Gasteiger partial charge on any atom is -0.872 e. The van der Waals surface area contributed by atoms with Crippen molar-refractivity contribution in [2.24, 2.45) is 0 Å². The van der Waals surface area contributed by atoms with Gasteiger partial charge in [0.05, 0.1) is 0 Å². The van der Waals surface area contributed by atoms with Crippen LogP contribution in [0.1, 0.15) is 5.56 Å². The minimum absolute atomic E-state index is 0.0565. The molecule has 3 heteroatoms. The summed E-state index contributed by atoms with van der Waals surface area (Å²) in [6.07, 6.45) is 2.93. The molecule has 18 heavy (non-hydrogen) atoms. The van der Waals surface area contributed by atoms with E-state index in [4.69, 9.17) is 4.74 Å². The Morgan fingerprint density at radius 1 is 1.00 bits per heavy atom. The average Bonchev–Trinajstić information content (AvgIpc) is 2.39. The van der Waals surface area contributed by atoms with E-state index in [1.54, 1.807) is 42.5 Å². The molecular weight excluding hydrogens is 228 g/mol. The molecular formula is C15H11O3-. The van der Waals surface area contributed by atoms with Crippen molar-refractivity contribution in [1.82, 2.24) is 0 Å². The predicted molar refractivity (Wildman–Crippen MR) is 67.0 cm³/mol. The number of rotatable bonds is 3. The van der Waals surface area contributed by atoms with E-state index in [0.717, 1.165) is 5.56 Å². The van der Waals surface area contributed by atoms with Crippen molar-refractivity contribution in [3.05, 3.63) is 66.2 Å². The fourth-order valence-electron chi connectivity index (χ4n) is 1.38. The largest absolute Gasteiger partial charge is 0.872 e. The molecule has 2 aromatic rings. The summed E-state index contributed by atoms with van der Waals surface area (Å²) in [5.41, 5.74) is 0.777. The van der Waals surface area contributed by atoms with E-state index in [2.05, 4.69) is 0 Å². The first-order valence-electron chi connectivity index (χ1n) is 5.46. The molecule has 0 aromatic heterocycles. The lowest BCUT2D eigenvalue weighted by Gasteiger charge is -2.03. The van der Waals surface area contributed by atoms with Crippen molar-refractivity contribution < 1.29 is 14.6 Å². The van der Waals surface area contributed by atoms with Gasteiger partial charge in [0, 0.05) is 6.08 Å². The van der Waals surface area contributed by atoms with Crippen LogP contribution in [0.15, 0.2) is 60.7 Å². The molecule has 0 amide bonds. The molecule has 0 saturated carbocycles. The third kappa shape index (κ3) is 3.49. The molecule has 0 unspecified atom stereocenters. The van der Waals surface area contributed by atoms with Gasteiger partial charge in [-0.2, -0.15) is 0 Å². The summed E-state index contributed by atoms with van der Waals surface area (Å²) in [6.45, 7) is 0. The lowest BCUT2D eigenvalue weighted by atomic mass is 10.2. The highest BCUT2D eigenvalue weighted by Gasteiger charge is 1.98. The Balaban J connectivity index is 1.97. The number of ether oxygens (including phenoxy) is 1. The summed E-state index contributed by atoms with van der Waals surface area (Å²) in [5, 5.41) is 10.9. The van der Waals surface area contributed by atoms with E-state index >= 15 is 0 Å². The Kier molecular flexibility index (Phi) is 3.76. The van der Waals surface area contributed by atoms with Gasteiger partial charge < -0.3 is 9.84 Å². The molecule has 0 N–H and O–H groups in total. The van der Waals surface area contributed by atoms with Crippen molar-refractivity contribution in [1.29, 1.82) is 0 Å². The Hall–Kier alpha value is -2.55. The van der Waals surface area contributed by atoms with Gasteiger partial charge in [0.2, 0.25) is 0 Å². The maximum atomic E-state index is 11.5. The maximum Gasteiger partial charge on any atom is 0.336 e. The van der Waals surface area contributed by atoms with E-state index in [1.165, 1.54) is 18.2 Å². The van der Waals surface area contributed by atoms with E-state index < -0.39 is 5.97 Å². The SMILES string of the molecule is O=C(/C=C/c1ccc([O-])cc1)Oc1ccccc1. The molecule has 0 fully saturated rings. The van der Waals surface area contributed by atoms with Gasteiger partial charge in [0.1, 0.15) is 5.75 Å². The summed E-state index contributed by atoms with van der Waals surface area (Å²) in [6, 6.07) is 15.0. The standard InChI is InChI=1S/C15H12O3/c16-13-9-6-12(7-10-13)8-11-15(17)18-14-4-2-1-3-5-14/h1-11,16H/p-1/b11-8+. The zero-order chi connectivity index (χ0) is 12.8. The second kappa shape index (κ2) is 5.68. The Morgan fingerprint density at radius 3 is 2.33 bits per heavy atom. The fraction of sp³-hybridized carbons (Fsp3) is 0. The van der Waals surface area contributed by atoms with E-state index in [-0.39, 0.29) is 5.75 Å². The summed E-state index contributed by atoms with van der Waals surface area (Å²) in [4.78, 5) is 11.5. The number of benzene rings is 2. The quantitative estimate of drug-likeness (QED) is 0.469. The third-order valence-corrected chi connectivity index (χ3v) is 2.25. The molecule has 0 saturated heterocycles. The number of carbonyl (C=O) groups is 1. The van der Waals surface area contributed by atoms with Crippen LogP contribution in [0.4, 0.5) is 0 Å². The van der Waals surface area contributed by atoms with E-state index in [0.29, 0.717) is 5.75 Å². The Morgan fingerprint density at radius 2 is 1.67 bits per heavy atom. The topological polar surface area (TPSA) is 49.4 Å². The van der Waals surface area contributed by atoms with Gasteiger partial charge in [0.15, 0.2) is 0 Å². The zero-order valence-corrected chi connectivity index (χ0v) is 9.58. The van der Waals surface area contributed by atoms with Crippen LogP contribution in [0, 0.1) is 0 Å². The average molecular weight is 239 g/mol. The molecule has 0 bridgehead atoms. The second-order valence-corrected chi connectivity index (χ2v) is 3.64. The van der Waals surface area contributed by atoms with Crippen LogP contribution in [0.2, 0.25) is 0 Å². The van der Waals surface area contributed by atoms with Crippen LogP contribution in [-0.4, -0.2) is 5.97 Å². The van der Waals surface area contributed by atoms with Gasteiger partial charge in [-0.05, 0) is 23.8 Å². The maximum absolute atomic E-state index is 11.5. The van der Waals surface area contributed by atoms with Crippen molar-refractivity contribution in [3.8, 4) is 11.5 Å². The van der Waals surface area contributed by atoms with Crippen molar-refractivity contribution in [2.75, 3.05) is 0 Å². The van der Waals surface area contributed by atoms with Gasteiger partial charge in [-0.1, -0.05) is 42.5 Å². The number of hydrogen-bond acceptors (Lipinski definition) is 3. The monoisotopic (exact) mass is 239 g/mol. The minimum atomic E-state index is -0.451. The number of carbonyl (C=O) groups excluding carboxylic acids is 1. The molecule has 0 atom stereocenters. The van der Waals surface area contributed by atoms with Gasteiger partial charge in [-0.25, -0.2) is 4.79 Å². The molecule has 0 radical (unpaired) electrons. The molecule has 2 aromatic carbocycles. The summed E-state index contributed by atoms with van der Waals surface area (Å²) < 4.78 is 5.07. The molecule has 3 nitrogen and oxygen atoms in total. The fourth-order valence-corrected chi connectivity index (χ4v) is 1.38. The normalized spacial score (nSPS) is 10.4. The number of hydrogen-bond donors (Lipinski definition) is 0. The molecule has 0 aliphatic rings. The highest BCUT2D eigenvalue weighted by Crippen LogP contribution is 2.10. The Labute approximate surface area is 105 Å². The molecule has 0 aliphatic heterocycles. The van der Waals surface area contributed by atoms with Crippen LogP contribution < -0.4 is 9.84 Å². The van der Waals surface area contributed by atoms with Crippen molar-refractivity contribution in [3.63, 3.8) is 0 Å². The van der Waals surface area contributed by atoms with Gasteiger partial charge in [-0.3, -0.25) is 0 Å². The highest BCUT2D eigenvalue weighted by atomic mass is 16.5. The van der Waals surface area contributed by atoms with E-state index in [1.807, 2.05) is 6.07 Å². The first-order valence-corrected chi connectivity index (χ1v) is 5.46. The van der Waals surface area contributed by atoms with Crippen molar-refractivity contribution >= 4 is 12.0 Å². The second-order valence-electron chi connectivity index (χ2n) is 3.64. The van der Waals surface area contributed by atoms with Crippen LogP contribution >= 0.6 is 0 Å². The lowest BCUT2D eigenvalue weighted by molar-refractivity contribution is -0.268. The van der Waals surface area contributed by atoms with Crippen LogP contribution in [0.25, 0.3) is 6.08 Å². The smallest absolute Gasteiger partial charge is 0.336 e. The van der Waals surface area contributed by atoms with Crippen molar-refractivity contribution in [2.45, 2.75) is 0 Å². The molecule has 90 valence electrons. The van der Waals surface area contributed by atoms with E-state index in [9.17, 15) is 9.90 Å². The first-order chi connectivity index (χ1) is 8.74. The van der Waals surface area contributed by atoms with Gasteiger partial charge in [0.25, 0.3) is 0 Å². The summed E-state index contributed by atoms with van der Waals surface area (Å²) >= 11 is 0. The predicted octanol–water partition coefficient (Wildman–Crippen LogP) is 2.38. The highest BCUT2D eigenvalue weighted by molar-refractivity contribution is 5.88. The summed E-state index contributed by atoms with van der Waals surface area (Å²) in [5.74, 6) is -0.00605. The number of para-hydroxylation sites is 1. The first kappa shape index (κ1) is 11.9. The third-order valence-electron chi connectivity index (χ3n) is 2.25. The van der Waals surface area contributed by atoms with Crippen LogP contribution in [0.3, 0.4) is 0 Å². The lowest BCUT2D eigenvalue weighted by Crippen LogP contribution is -2.03. The zero-order valence-electron chi connectivity index (χ0n) is 9.58. The molecule has 0 aliphatic carbocycles. The number of esters is 1. The molecule has 0 spiro atoms. The molecule has 0 heterocycles. The molecule has 2 rings (SSSR count).